The summed E-state index contributed by atoms with van der Waals surface area (Å²) in [4.78, 5) is 14.8. The minimum absolute atomic E-state index is 0.184. The molecule has 1 atom stereocenters. The van der Waals surface area contributed by atoms with E-state index in [1.54, 1.807) is 0 Å². The first kappa shape index (κ1) is 23.9. The van der Waals surface area contributed by atoms with Crippen LogP contribution < -0.4 is 10.2 Å². The van der Waals surface area contributed by atoms with Crippen LogP contribution in [0.3, 0.4) is 0 Å². The van der Waals surface area contributed by atoms with Gasteiger partial charge < -0.3 is 9.94 Å². The lowest BCUT2D eigenvalue weighted by atomic mass is 9.96. The molecular formula is C23H29FN4O4S. The number of hydrazine groups is 1. The van der Waals surface area contributed by atoms with Crippen LogP contribution in [0.2, 0.25) is 0 Å². The number of hydroxylamine groups is 1. The normalized spacial score (nSPS) is 17.8. The van der Waals surface area contributed by atoms with Crippen LogP contribution in [-0.4, -0.2) is 57.0 Å². The Balaban J connectivity index is 1.36. The molecule has 2 aromatic rings. The summed E-state index contributed by atoms with van der Waals surface area (Å²) in [6.45, 7) is 4.52. The molecule has 8 nitrogen and oxygen atoms in total. The number of rotatable bonds is 10. The summed E-state index contributed by atoms with van der Waals surface area (Å²) in [5, 5.41) is 18.7. The fourth-order valence-electron chi connectivity index (χ4n) is 4.05. The Morgan fingerprint density at radius 1 is 1.27 bits per heavy atom. The largest absolute Gasteiger partial charge is 0.493 e. The molecule has 33 heavy (non-hydrogen) atoms. The van der Waals surface area contributed by atoms with E-state index in [4.69, 9.17) is 9.94 Å². The average Bonchev–Trinajstić information content (AvgIpc) is 3.57. The predicted octanol–water partition coefficient (Wildman–Crippen LogP) is 4.00. The van der Waals surface area contributed by atoms with E-state index in [1.165, 1.54) is 24.7 Å². The molecule has 2 aromatic carbocycles. The molecule has 2 aliphatic rings. The highest BCUT2D eigenvalue weighted by atomic mass is 32.2. The van der Waals surface area contributed by atoms with Crippen molar-refractivity contribution in [2.75, 3.05) is 26.7 Å². The van der Waals surface area contributed by atoms with Crippen molar-refractivity contribution < 1.29 is 24.3 Å². The number of ether oxygens (including phenoxy) is 1. The second-order valence-electron chi connectivity index (χ2n) is 8.62. The third-order valence-electron chi connectivity index (χ3n) is 6.04. The lowest BCUT2D eigenvalue weighted by Gasteiger charge is -2.43. The number of carbonyl (C=O) groups is 1. The third-order valence-corrected chi connectivity index (χ3v) is 6.53. The van der Waals surface area contributed by atoms with Gasteiger partial charge in [0.25, 0.3) is 5.91 Å². The van der Waals surface area contributed by atoms with E-state index < -0.39 is 11.7 Å². The molecule has 1 unspecified atom stereocenters. The number of hydrogen-bond acceptors (Lipinski definition) is 8. The van der Waals surface area contributed by atoms with E-state index in [0.29, 0.717) is 45.5 Å². The smallest absolute Gasteiger partial charge is 0.271 e. The molecule has 0 spiro atoms. The fraction of sp³-hybridized carbons (Fsp3) is 0.435. The zero-order valence-electron chi connectivity index (χ0n) is 18.6. The Morgan fingerprint density at radius 2 is 1.97 bits per heavy atom. The molecule has 178 valence electrons. The van der Waals surface area contributed by atoms with Gasteiger partial charge in [0.2, 0.25) is 0 Å². The van der Waals surface area contributed by atoms with E-state index >= 15 is 0 Å². The Morgan fingerprint density at radius 3 is 2.61 bits per heavy atom. The van der Waals surface area contributed by atoms with E-state index in [0.717, 1.165) is 31.5 Å². The molecule has 1 saturated heterocycles. The summed E-state index contributed by atoms with van der Waals surface area (Å²) < 4.78 is 21.7. The molecule has 1 amide bonds. The van der Waals surface area contributed by atoms with Crippen LogP contribution in [0.1, 0.15) is 53.2 Å². The molecule has 2 fully saturated rings. The van der Waals surface area contributed by atoms with Gasteiger partial charge in [-0.15, -0.1) is 4.47 Å². The van der Waals surface area contributed by atoms with Gasteiger partial charge in [-0.3, -0.25) is 20.3 Å². The Labute approximate surface area is 197 Å². The van der Waals surface area contributed by atoms with Crippen molar-refractivity contribution in [3.8, 4) is 5.75 Å². The highest BCUT2D eigenvalue weighted by molar-refractivity contribution is 7.94. The quantitative estimate of drug-likeness (QED) is 0.350. The molecule has 3 N–H and O–H groups in total. The van der Waals surface area contributed by atoms with Crippen LogP contribution in [0.15, 0.2) is 42.5 Å². The number of nitrogens with zero attached hydrogens (tertiary/aromatic N) is 3. The first-order chi connectivity index (χ1) is 15.8. The SMILES string of the molecule is CC(c1ccccc1)N1CC(COc2cc(F)c(C(=O)NN(O)SN(C)O)cc2C2CC2)C1. The minimum Gasteiger partial charge on any atom is -0.493 e. The Bertz CT molecular complexity index is 970. The van der Waals surface area contributed by atoms with Crippen molar-refractivity contribution >= 4 is 18.0 Å². The minimum atomic E-state index is -0.817. The van der Waals surface area contributed by atoms with Gasteiger partial charge in [-0.05, 0) is 47.5 Å². The van der Waals surface area contributed by atoms with Gasteiger partial charge in [0, 0.05) is 38.2 Å². The summed E-state index contributed by atoms with van der Waals surface area (Å²) in [5.74, 6) is -0.458. The Kier molecular flexibility index (Phi) is 7.52. The second-order valence-corrected chi connectivity index (χ2v) is 9.66. The molecule has 1 aliphatic carbocycles. The van der Waals surface area contributed by atoms with Crippen LogP contribution in [0.25, 0.3) is 0 Å². The number of halogens is 1. The number of nitrogens with one attached hydrogen (secondary N) is 1. The summed E-state index contributed by atoms with van der Waals surface area (Å²) in [6, 6.07) is 13.5. The summed E-state index contributed by atoms with van der Waals surface area (Å²) in [5.41, 5.74) is 4.01. The number of carbonyl (C=O) groups excluding carboxylic acids is 1. The lowest BCUT2D eigenvalue weighted by molar-refractivity contribution is -0.0450. The van der Waals surface area contributed by atoms with E-state index in [-0.39, 0.29) is 11.5 Å². The average molecular weight is 477 g/mol. The standard InChI is InChI=1S/C23H29FN4O4S/c1-15(17-6-4-3-5-7-17)27-12-16(13-27)14-32-22-11-21(24)20(10-19(22)18-8-9-18)23(29)25-28(31)33-26(2)30/h3-7,10-11,15-16,18,30-31H,8-9,12-14H2,1-2H3,(H,25,29). The predicted molar refractivity (Wildman–Crippen MR) is 122 cm³/mol. The van der Waals surface area contributed by atoms with Crippen molar-refractivity contribution in [3.05, 3.63) is 65.0 Å². The molecule has 1 saturated carbocycles. The highest BCUT2D eigenvalue weighted by Gasteiger charge is 2.33. The zero-order chi connectivity index (χ0) is 23.5. The van der Waals surface area contributed by atoms with Crippen LogP contribution >= 0.6 is 12.1 Å². The van der Waals surface area contributed by atoms with E-state index in [1.807, 2.05) is 18.2 Å². The topological polar surface area (TPSA) is 88.5 Å². The molecular weight excluding hydrogens is 447 g/mol. The molecule has 0 aromatic heterocycles. The second kappa shape index (κ2) is 10.4. The zero-order valence-corrected chi connectivity index (χ0v) is 19.5. The summed E-state index contributed by atoms with van der Waals surface area (Å²) in [6.07, 6.45) is 1.93. The molecule has 4 rings (SSSR count). The molecule has 0 bridgehead atoms. The van der Waals surface area contributed by atoms with Crippen molar-refractivity contribution in [1.82, 2.24) is 19.4 Å². The fourth-order valence-corrected chi connectivity index (χ4v) is 4.39. The van der Waals surface area contributed by atoms with Gasteiger partial charge in [-0.1, -0.05) is 30.3 Å². The Hall–Kier alpha value is -2.21. The van der Waals surface area contributed by atoms with Crippen LogP contribution in [-0.2, 0) is 0 Å². The van der Waals surface area contributed by atoms with Gasteiger partial charge in [-0.2, -0.15) is 0 Å². The maximum absolute atomic E-state index is 14.7. The highest BCUT2D eigenvalue weighted by Crippen LogP contribution is 2.45. The van der Waals surface area contributed by atoms with Gasteiger partial charge in [0.15, 0.2) is 0 Å². The monoisotopic (exact) mass is 476 g/mol. The van der Waals surface area contributed by atoms with Crippen molar-refractivity contribution in [1.29, 1.82) is 0 Å². The molecule has 0 radical (unpaired) electrons. The maximum Gasteiger partial charge on any atom is 0.271 e. The van der Waals surface area contributed by atoms with Crippen LogP contribution in [0.4, 0.5) is 4.39 Å². The van der Waals surface area contributed by atoms with Crippen molar-refractivity contribution in [2.24, 2.45) is 5.92 Å². The van der Waals surface area contributed by atoms with Gasteiger partial charge in [-0.25, -0.2) is 4.39 Å². The van der Waals surface area contributed by atoms with Crippen molar-refractivity contribution in [3.63, 3.8) is 0 Å². The van der Waals surface area contributed by atoms with E-state index in [2.05, 4.69) is 29.4 Å². The number of amides is 1. The van der Waals surface area contributed by atoms with Gasteiger partial charge in [0.05, 0.1) is 24.3 Å². The number of hydrogen-bond donors (Lipinski definition) is 3. The summed E-state index contributed by atoms with van der Waals surface area (Å²) in [7, 11) is 1.27. The van der Waals surface area contributed by atoms with E-state index in [9.17, 15) is 14.4 Å². The van der Waals surface area contributed by atoms with Gasteiger partial charge in [0.1, 0.15) is 11.6 Å². The summed E-state index contributed by atoms with van der Waals surface area (Å²) >= 11 is 0.425. The number of benzene rings is 2. The van der Waals surface area contributed by atoms with Gasteiger partial charge >= 0.3 is 0 Å². The molecule has 1 aliphatic heterocycles. The molecule has 1 heterocycles. The van der Waals surface area contributed by atoms with Crippen LogP contribution in [0, 0.1) is 11.7 Å². The number of likely N-dealkylation sites (tertiary alicyclic amines) is 1. The molecule has 10 heteroatoms. The first-order valence-corrected chi connectivity index (χ1v) is 11.7. The lowest BCUT2D eigenvalue weighted by Crippen LogP contribution is -2.50. The van der Waals surface area contributed by atoms with Crippen LogP contribution in [0.5, 0.6) is 5.75 Å². The first-order valence-electron chi connectivity index (χ1n) is 11.0. The van der Waals surface area contributed by atoms with Crippen molar-refractivity contribution in [2.45, 2.75) is 31.7 Å². The third kappa shape index (κ3) is 6.03. The maximum atomic E-state index is 14.7.